The number of carboxylic acids is 1. The number of benzene rings is 2. The van der Waals surface area contributed by atoms with Crippen LogP contribution in [-0.2, 0) is 14.3 Å². The van der Waals surface area contributed by atoms with Gasteiger partial charge in [0.25, 0.3) is 0 Å². The van der Waals surface area contributed by atoms with Gasteiger partial charge in [-0.15, -0.1) is 12.3 Å². The topological polar surface area (TPSA) is 105 Å². The molecule has 0 heterocycles. The number of carboxylic acid groups (broad SMARTS) is 1. The first-order valence-corrected chi connectivity index (χ1v) is 11.5. The summed E-state index contributed by atoms with van der Waals surface area (Å²) in [5, 5.41) is 14.7. The summed E-state index contributed by atoms with van der Waals surface area (Å²) in [6, 6.07) is 14.7. The molecule has 2 aromatic rings. The van der Waals surface area contributed by atoms with Crippen molar-refractivity contribution in [1.29, 1.82) is 0 Å². The second kappa shape index (κ2) is 10.0. The van der Waals surface area contributed by atoms with Gasteiger partial charge in [0.05, 0.1) is 12.0 Å². The maximum absolute atomic E-state index is 12.9. The molecule has 2 aliphatic carbocycles. The van der Waals surface area contributed by atoms with Crippen molar-refractivity contribution in [3.8, 4) is 23.5 Å². The summed E-state index contributed by atoms with van der Waals surface area (Å²) < 4.78 is 5.49. The molecule has 0 bridgehead atoms. The van der Waals surface area contributed by atoms with Crippen molar-refractivity contribution in [2.24, 2.45) is 0 Å². The normalized spacial score (nSPS) is 16.6. The molecular formula is C27H28N2O5. The first-order valence-electron chi connectivity index (χ1n) is 11.5. The van der Waals surface area contributed by atoms with Gasteiger partial charge < -0.3 is 20.5 Å². The molecule has 176 valence electrons. The maximum atomic E-state index is 12.9. The monoisotopic (exact) mass is 460 g/mol. The lowest BCUT2D eigenvalue weighted by molar-refractivity contribution is -0.140. The highest BCUT2D eigenvalue weighted by Crippen LogP contribution is 2.44. The number of fused-ring (bicyclic) bond motifs is 3. The first kappa shape index (κ1) is 23.4. The fraction of sp³-hybridized carbons (Fsp3) is 0.370. The van der Waals surface area contributed by atoms with E-state index >= 15 is 0 Å². The number of rotatable bonds is 8. The minimum Gasteiger partial charge on any atom is -0.481 e. The van der Waals surface area contributed by atoms with E-state index in [-0.39, 0.29) is 12.5 Å². The van der Waals surface area contributed by atoms with E-state index in [4.69, 9.17) is 11.2 Å². The standard InChI is InChI=1S/C27H28N2O5/c1-2-13-27(14-7-8-15-27)29-25(32)23(16-24(30)31)28-26(33)34-17-22-20-11-5-3-9-18(20)19-10-4-6-12-21(19)22/h1,3-6,9-12,22-23H,7-8,13-17H2,(H,28,33)(H,29,32)(H,30,31). The molecule has 1 atom stereocenters. The quantitative estimate of drug-likeness (QED) is 0.520. The molecule has 2 aliphatic rings. The van der Waals surface area contributed by atoms with Crippen molar-refractivity contribution in [3.05, 3.63) is 59.7 Å². The zero-order valence-electron chi connectivity index (χ0n) is 18.9. The molecule has 0 aliphatic heterocycles. The Labute approximate surface area is 198 Å². The SMILES string of the molecule is C#CCC1(NC(=O)C(CC(=O)O)NC(=O)OCC2c3ccccc3-c3ccccc32)CCCC1. The number of hydrogen-bond acceptors (Lipinski definition) is 4. The van der Waals surface area contributed by atoms with Crippen LogP contribution >= 0.6 is 0 Å². The second-order valence-corrected chi connectivity index (χ2v) is 8.98. The Balaban J connectivity index is 1.42. The van der Waals surface area contributed by atoms with E-state index in [0.29, 0.717) is 6.42 Å². The zero-order valence-corrected chi connectivity index (χ0v) is 18.9. The van der Waals surface area contributed by atoms with Gasteiger partial charge in [0, 0.05) is 12.3 Å². The van der Waals surface area contributed by atoms with E-state index in [0.717, 1.165) is 47.9 Å². The minimum atomic E-state index is -1.26. The fourth-order valence-corrected chi connectivity index (χ4v) is 5.11. The lowest BCUT2D eigenvalue weighted by Gasteiger charge is -2.30. The van der Waals surface area contributed by atoms with Crippen molar-refractivity contribution in [2.75, 3.05) is 6.61 Å². The van der Waals surface area contributed by atoms with Crippen molar-refractivity contribution in [3.63, 3.8) is 0 Å². The molecule has 2 amide bonds. The van der Waals surface area contributed by atoms with Gasteiger partial charge in [0.1, 0.15) is 12.6 Å². The van der Waals surface area contributed by atoms with Crippen molar-refractivity contribution in [2.45, 2.75) is 56.0 Å². The predicted octanol–water partition coefficient (Wildman–Crippen LogP) is 3.82. The molecule has 4 rings (SSSR count). The Hall–Kier alpha value is -3.79. The lowest BCUT2D eigenvalue weighted by Crippen LogP contribution is -2.55. The van der Waals surface area contributed by atoms with E-state index in [1.54, 1.807) is 0 Å². The number of alkyl carbamates (subject to hydrolysis) is 1. The number of ether oxygens (including phenoxy) is 1. The van der Waals surface area contributed by atoms with Gasteiger partial charge in [-0.25, -0.2) is 4.79 Å². The fourth-order valence-electron chi connectivity index (χ4n) is 5.11. The number of hydrogen-bond donors (Lipinski definition) is 3. The van der Waals surface area contributed by atoms with Crippen molar-refractivity contribution in [1.82, 2.24) is 10.6 Å². The molecule has 7 nitrogen and oxygen atoms in total. The highest BCUT2D eigenvalue weighted by atomic mass is 16.5. The molecule has 0 radical (unpaired) electrons. The van der Waals surface area contributed by atoms with Gasteiger partial charge in [0.2, 0.25) is 5.91 Å². The third-order valence-corrected chi connectivity index (χ3v) is 6.72. The summed E-state index contributed by atoms with van der Waals surface area (Å²) in [5.74, 6) is 0.705. The number of carbonyl (C=O) groups is 3. The van der Waals surface area contributed by atoms with Crippen LogP contribution in [-0.4, -0.2) is 41.3 Å². The number of amides is 2. The van der Waals surface area contributed by atoms with Gasteiger partial charge in [-0.2, -0.15) is 0 Å². The Bertz CT molecular complexity index is 1080. The van der Waals surface area contributed by atoms with E-state index in [2.05, 4.69) is 16.6 Å². The molecule has 0 saturated heterocycles. The average Bonchev–Trinajstić information content (AvgIpc) is 3.40. The van der Waals surface area contributed by atoms with E-state index in [9.17, 15) is 19.5 Å². The van der Waals surface area contributed by atoms with Crippen molar-refractivity contribution < 1.29 is 24.2 Å². The average molecular weight is 461 g/mol. The second-order valence-electron chi connectivity index (χ2n) is 8.98. The van der Waals surface area contributed by atoms with Crippen LogP contribution < -0.4 is 10.6 Å². The van der Waals surface area contributed by atoms with Crippen LogP contribution in [0.15, 0.2) is 48.5 Å². The number of nitrogens with one attached hydrogen (secondary N) is 2. The molecule has 7 heteroatoms. The van der Waals surface area contributed by atoms with Crippen LogP contribution in [0.5, 0.6) is 0 Å². The first-order chi connectivity index (χ1) is 16.4. The van der Waals surface area contributed by atoms with Gasteiger partial charge in [-0.05, 0) is 35.1 Å². The summed E-state index contributed by atoms with van der Waals surface area (Å²) in [4.78, 5) is 36.9. The molecule has 3 N–H and O–H groups in total. The van der Waals surface area contributed by atoms with Crippen LogP contribution in [0.2, 0.25) is 0 Å². The lowest BCUT2D eigenvalue weighted by atomic mass is 9.93. The minimum absolute atomic E-state index is 0.0717. The Morgan fingerprint density at radius 3 is 2.21 bits per heavy atom. The number of aliphatic carboxylic acids is 1. The predicted molar refractivity (Wildman–Crippen MR) is 127 cm³/mol. The van der Waals surface area contributed by atoms with E-state index < -0.39 is 36.0 Å². The molecule has 34 heavy (non-hydrogen) atoms. The summed E-state index contributed by atoms with van der Waals surface area (Å²) in [6.45, 7) is 0.0717. The van der Waals surface area contributed by atoms with Gasteiger partial charge in [-0.1, -0.05) is 61.4 Å². The Morgan fingerprint density at radius 1 is 1.06 bits per heavy atom. The molecule has 2 aromatic carbocycles. The van der Waals surface area contributed by atoms with E-state index in [1.807, 2.05) is 48.5 Å². The molecular weight excluding hydrogens is 432 g/mol. The summed E-state index contributed by atoms with van der Waals surface area (Å²) in [5.41, 5.74) is 3.78. The van der Waals surface area contributed by atoms with Gasteiger partial charge in [0.15, 0.2) is 0 Å². The highest BCUT2D eigenvalue weighted by molar-refractivity contribution is 5.89. The molecule has 1 fully saturated rings. The van der Waals surface area contributed by atoms with Crippen LogP contribution in [0, 0.1) is 12.3 Å². The highest BCUT2D eigenvalue weighted by Gasteiger charge is 2.37. The molecule has 0 spiro atoms. The van der Waals surface area contributed by atoms with Crippen LogP contribution in [0.3, 0.4) is 0 Å². The molecule has 1 saturated carbocycles. The zero-order chi connectivity index (χ0) is 24.1. The summed E-state index contributed by atoms with van der Waals surface area (Å²) in [6.07, 6.45) is 7.80. The largest absolute Gasteiger partial charge is 0.481 e. The third-order valence-electron chi connectivity index (χ3n) is 6.72. The molecule has 0 aromatic heterocycles. The number of carbonyl (C=O) groups excluding carboxylic acids is 2. The van der Waals surface area contributed by atoms with Crippen LogP contribution in [0.25, 0.3) is 11.1 Å². The van der Waals surface area contributed by atoms with Crippen LogP contribution in [0.4, 0.5) is 4.79 Å². The van der Waals surface area contributed by atoms with E-state index in [1.165, 1.54) is 0 Å². The maximum Gasteiger partial charge on any atom is 0.407 e. The Morgan fingerprint density at radius 2 is 1.65 bits per heavy atom. The Kier molecular flexibility index (Phi) is 6.87. The van der Waals surface area contributed by atoms with Crippen molar-refractivity contribution >= 4 is 18.0 Å². The molecule has 1 unspecified atom stereocenters. The van der Waals surface area contributed by atoms with Gasteiger partial charge in [-0.3, -0.25) is 9.59 Å². The van der Waals surface area contributed by atoms with Crippen LogP contribution in [0.1, 0.15) is 55.6 Å². The third kappa shape index (κ3) is 4.91. The smallest absolute Gasteiger partial charge is 0.407 e. The number of terminal acetylenes is 1. The summed E-state index contributed by atoms with van der Waals surface area (Å²) >= 11 is 0. The van der Waals surface area contributed by atoms with Gasteiger partial charge >= 0.3 is 12.1 Å². The summed E-state index contributed by atoms with van der Waals surface area (Å²) in [7, 11) is 0.